The minimum absolute atomic E-state index is 0.0127. The number of para-hydroxylation sites is 2. The van der Waals surface area contributed by atoms with Crippen LogP contribution in [0.1, 0.15) is 65.0 Å². The van der Waals surface area contributed by atoms with Gasteiger partial charge in [0.25, 0.3) is 0 Å². The van der Waals surface area contributed by atoms with Gasteiger partial charge in [0.2, 0.25) is 0 Å². The predicted molar refractivity (Wildman–Crippen MR) is 170 cm³/mol. The molecule has 1 saturated heterocycles. The van der Waals surface area contributed by atoms with Gasteiger partial charge in [-0.15, -0.1) is 0 Å². The topological polar surface area (TPSA) is 30.9 Å². The highest BCUT2D eigenvalue weighted by molar-refractivity contribution is 6.08. The highest BCUT2D eigenvalue weighted by atomic mass is 15.2. The Hall–Kier alpha value is -3.37. The average Bonchev–Trinajstić information content (AvgIpc) is 3.36. The molecule has 4 nitrogen and oxygen atoms in total. The molecule has 0 saturated carbocycles. The first-order valence-corrected chi connectivity index (χ1v) is 15.2. The molecule has 0 unspecified atom stereocenters. The second-order valence-corrected chi connectivity index (χ2v) is 12.6. The molecule has 208 valence electrons. The molecule has 0 radical (unpaired) electrons. The largest absolute Gasteiger partial charge is 0.369 e. The van der Waals surface area contributed by atoms with Crippen LogP contribution in [-0.4, -0.2) is 43.3 Å². The van der Waals surface area contributed by atoms with Crippen LogP contribution in [0.15, 0.2) is 100 Å². The highest BCUT2D eigenvalue weighted by Crippen LogP contribution is 2.47. The van der Waals surface area contributed by atoms with Crippen molar-refractivity contribution < 1.29 is 0 Å². The highest BCUT2D eigenvalue weighted by Gasteiger charge is 2.39. The van der Waals surface area contributed by atoms with E-state index in [0.29, 0.717) is 0 Å². The molecular formula is C36H44N4. The minimum Gasteiger partial charge on any atom is -0.369 e. The Balaban J connectivity index is 1.39. The van der Waals surface area contributed by atoms with Crippen molar-refractivity contribution in [1.29, 1.82) is 0 Å². The summed E-state index contributed by atoms with van der Waals surface area (Å²) in [6, 6.07) is 17.5. The monoisotopic (exact) mass is 532 g/mol. The molecule has 2 aromatic carbocycles. The third-order valence-corrected chi connectivity index (χ3v) is 9.39. The molecule has 0 atom stereocenters. The number of anilines is 1. The van der Waals surface area contributed by atoms with Crippen molar-refractivity contribution in [3.05, 3.63) is 107 Å². The fraction of sp³-hybridized carbons (Fsp3) is 0.417. The summed E-state index contributed by atoms with van der Waals surface area (Å²) in [5.74, 6) is 0. The zero-order valence-corrected chi connectivity index (χ0v) is 24.9. The standard InChI is InChI=1S/C36H44N4/c1-6-40-31-17-10-8-15-29(31)36(4,5)33(40)21-19-27-13-11-12-26(34(27)39-24-22-37-23-25-39)18-20-32-35(2,3)28-14-7-9-16-30(28)38-32/h7-10,14-21,37H,6,11-13,22-25H2,1-5H3/b20-18+,27-19+,33-21+. The second-order valence-electron chi connectivity index (χ2n) is 12.6. The third-order valence-electron chi connectivity index (χ3n) is 9.39. The van der Waals surface area contributed by atoms with Crippen molar-refractivity contribution in [3.63, 3.8) is 0 Å². The van der Waals surface area contributed by atoms with E-state index in [9.17, 15) is 0 Å². The number of benzene rings is 2. The van der Waals surface area contributed by atoms with Gasteiger partial charge >= 0.3 is 0 Å². The third kappa shape index (κ3) is 4.56. The van der Waals surface area contributed by atoms with Crippen LogP contribution in [0, 0.1) is 0 Å². The van der Waals surface area contributed by atoms with Crippen LogP contribution in [0.25, 0.3) is 0 Å². The number of hydrogen-bond acceptors (Lipinski definition) is 4. The number of fused-ring (bicyclic) bond motifs is 2. The molecule has 4 aliphatic rings. The molecule has 0 spiro atoms. The average molecular weight is 533 g/mol. The Morgan fingerprint density at radius 3 is 2.33 bits per heavy atom. The second kappa shape index (κ2) is 10.6. The van der Waals surface area contributed by atoms with E-state index < -0.39 is 0 Å². The number of nitrogens with one attached hydrogen (secondary N) is 1. The van der Waals surface area contributed by atoms with Crippen LogP contribution in [0.4, 0.5) is 11.4 Å². The first kappa shape index (κ1) is 26.8. The summed E-state index contributed by atoms with van der Waals surface area (Å²) in [5.41, 5.74) is 12.0. The molecule has 6 rings (SSSR count). The van der Waals surface area contributed by atoms with Gasteiger partial charge in [0, 0.05) is 60.6 Å². The van der Waals surface area contributed by atoms with E-state index in [0.717, 1.165) is 57.0 Å². The zero-order chi connectivity index (χ0) is 27.9. The SMILES string of the molecule is CCN1/C(=C/C=C2\CCCC(/C=C/C3=Nc4ccccc4C3(C)C)=C2N2CCNCC2)C(C)(C)c2ccccc21. The smallest absolute Gasteiger partial charge is 0.0674 e. The number of hydrogen-bond donors (Lipinski definition) is 1. The summed E-state index contributed by atoms with van der Waals surface area (Å²) in [6.45, 7) is 16.8. The van der Waals surface area contributed by atoms with E-state index in [-0.39, 0.29) is 10.8 Å². The van der Waals surface area contributed by atoms with Gasteiger partial charge in [-0.1, -0.05) is 76.2 Å². The number of likely N-dealkylation sites (N-methyl/N-ethyl adjacent to an activating group) is 1. The van der Waals surface area contributed by atoms with Gasteiger partial charge in [0.05, 0.1) is 11.4 Å². The summed E-state index contributed by atoms with van der Waals surface area (Å²) < 4.78 is 0. The number of allylic oxidation sites excluding steroid dienone is 7. The van der Waals surface area contributed by atoms with Crippen molar-refractivity contribution in [2.75, 3.05) is 37.6 Å². The van der Waals surface area contributed by atoms with Crippen LogP contribution < -0.4 is 10.2 Å². The van der Waals surface area contributed by atoms with Crippen molar-refractivity contribution in [2.24, 2.45) is 4.99 Å². The van der Waals surface area contributed by atoms with E-state index in [1.54, 1.807) is 0 Å². The maximum atomic E-state index is 5.04. The van der Waals surface area contributed by atoms with E-state index in [1.165, 1.54) is 45.8 Å². The molecule has 1 aliphatic carbocycles. The Morgan fingerprint density at radius 1 is 0.850 bits per heavy atom. The lowest BCUT2D eigenvalue weighted by Gasteiger charge is -2.36. The van der Waals surface area contributed by atoms with Crippen molar-refractivity contribution in [3.8, 4) is 0 Å². The number of rotatable bonds is 5. The molecule has 2 aromatic rings. The molecule has 1 fully saturated rings. The van der Waals surface area contributed by atoms with Gasteiger partial charge in [0.1, 0.15) is 0 Å². The molecule has 3 aliphatic heterocycles. The Kier molecular flexibility index (Phi) is 7.08. The molecule has 0 aromatic heterocycles. The summed E-state index contributed by atoms with van der Waals surface area (Å²) >= 11 is 0. The van der Waals surface area contributed by atoms with Crippen molar-refractivity contribution >= 4 is 17.1 Å². The maximum Gasteiger partial charge on any atom is 0.0674 e. The first-order valence-electron chi connectivity index (χ1n) is 15.2. The van der Waals surface area contributed by atoms with Gasteiger partial charge in [-0.3, -0.25) is 4.99 Å². The summed E-state index contributed by atoms with van der Waals surface area (Å²) in [6.07, 6.45) is 13.0. The predicted octanol–water partition coefficient (Wildman–Crippen LogP) is 7.58. The van der Waals surface area contributed by atoms with Crippen LogP contribution in [0.2, 0.25) is 0 Å². The normalized spacial score (nSPS) is 23.8. The van der Waals surface area contributed by atoms with Crippen LogP contribution in [0.5, 0.6) is 0 Å². The van der Waals surface area contributed by atoms with Crippen LogP contribution in [0.3, 0.4) is 0 Å². The lowest BCUT2D eigenvalue weighted by atomic mass is 9.81. The summed E-state index contributed by atoms with van der Waals surface area (Å²) in [5, 5.41) is 3.55. The van der Waals surface area contributed by atoms with Gasteiger partial charge in [-0.25, -0.2) is 0 Å². The molecular weight excluding hydrogens is 488 g/mol. The molecule has 40 heavy (non-hydrogen) atoms. The molecule has 1 N–H and O–H groups in total. The van der Waals surface area contributed by atoms with Gasteiger partial charge < -0.3 is 15.1 Å². The van der Waals surface area contributed by atoms with Gasteiger partial charge in [0.15, 0.2) is 0 Å². The van der Waals surface area contributed by atoms with Gasteiger partial charge in [-0.05, 0) is 72.7 Å². The van der Waals surface area contributed by atoms with E-state index >= 15 is 0 Å². The summed E-state index contributed by atoms with van der Waals surface area (Å²) in [7, 11) is 0. The molecule has 3 heterocycles. The fourth-order valence-corrected chi connectivity index (χ4v) is 7.12. The molecule has 0 amide bonds. The zero-order valence-electron chi connectivity index (χ0n) is 24.9. The molecule has 4 heteroatoms. The van der Waals surface area contributed by atoms with Crippen molar-refractivity contribution in [2.45, 2.75) is 64.7 Å². The summed E-state index contributed by atoms with van der Waals surface area (Å²) in [4.78, 5) is 10.2. The maximum absolute atomic E-state index is 5.04. The fourth-order valence-electron chi connectivity index (χ4n) is 7.12. The number of nitrogens with zero attached hydrogens (tertiary/aromatic N) is 3. The van der Waals surface area contributed by atoms with Crippen molar-refractivity contribution in [1.82, 2.24) is 10.2 Å². The van der Waals surface area contributed by atoms with E-state index in [2.05, 4.69) is 123 Å². The lowest BCUT2D eigenvalue weighted by molar-refractivity contribution is 0.297. The quantitative estimate of drug-likeness (QED) is 0.431. The van der Waals surface area contributed by atoms with Crippen LogP contribution in [-0.2, 0) is 10.8 Å². The van der Waals surface area contributed by atoms with Crippen LogP contribution >= 0.6 is 0 Å². The van der Waals surface area contributed by atoms with Gasteiger partial charge in [-0.2, -0.15) is 0 Å². The number of aliphatic imine (C=N–C) groups is 1. The Bertz CT molecular complexity index is 1440. The Labute approximate surface area is 240 Å². The lowest BCUT2D eigenvalue weighted by Crippen LogP contribution is -2.43. The van der Waals surface area contributed by atoms with E-state index in [1.807, 2.05) is 0 Å². The Morgan fingerprint density at radius 2 is 1.57 bits per heavy atom. The first-order chi connectivity index (χ1) is 19.3. The number of piperazine rings is 1. The van der Waals surface area contributed by atoms with E-state index in [4.69, 9.17) is 4.99 Å². The molecule has 0 bridgehead atoms. The minimum atomic E-state index is -0.0761.